The summed E-state index contributed by atoms with van der Waals surface area (Å²) in [5.41, 5.74) is 3.30. The van der Waals surface area contributed by atoms with E-state index in [4.69, 9.17) is 16.6 Å². The quantitative estimate of drug-likeness (QED) is 0.568. The number of fused-ring (bicyclic) bond motifs is 1. The molecule has 2 aromatic heterocycles. The lowest BCUT2D eigenvalue weighted by Gasteiger charge is -2.09. The van der Waals surface area contributed by atoms with E-state index in [1.807, 2.05) is 48.5 Å². The maximum atomic E-state index is 5.97. The first kappa shape index (κ1) is 12.9. The van der Waals surface area contributed by atoms with Gasteiger partial charge in [0, 0.05) is 10.6 Å². The summed E-state index contributed by atoms with van der Waals surface area (Å²) in [5, 5.41) is 4.85. The van der Waals surface area contributed by atoms with Crippen LogP contribution in [0, 0.1) is 0 Å². The molecular weight excluding hydrogens is 298 g/mol. The summed E-state index contributed by atoms with van der Waals surface area (Å²) in [5.74, 6) is 0.638. The van der Waals surface area contributed by atoms with Gasteiger partial charge in [0.05, 0.1) is 11.0 Å². The van der Waals surface area contributed by atoms with Crippen molar-refractivity contribution in [3.8, 4) is 17.1 Å². The maximum Gasteiger partial charge on any atom is 0.182 e. The Bertz CT molecular complexity index is 933. The SMILES string of the molecule is Clc1ccc(-c2nc3ccccc3nc2-n2cncn2)cc1. The number of hydrogen-bond donors (Lipinski definition) is 0. The average Bonchev–Trinajstić information content (AvgIpc) is 3.09. The zero-order valence-electron chi connectivity index (χ0n) is 11.4. The molecule has 0 saturated carbocycles. The van der Waals surface area contributed by atoms with Crippen LogP contribution >= 0.6 is 11.6 Å². The van der Waals surface area contributed by atoms with Crippen molar-refractivity contribution in [3.63, 3.8) is 0 Å². The topological polar surface area (TPSA) is 56.5 Å². The second-order valence-electron chi connectivity index (χ2n) is 4.73. The van der Waals surface area contributed by atoms with Crippen LogP contribution in [0.2, 0.25) is 5.02 Å². The molecule has 2 heterocycles. The highest BCUT2D eigenvalue weighted by Crippen LogP contribution is 2.26. The van der Waals surface area contributed by atoms with Crippen LogP contribution in [0.15, 0.2) is 61.2 Å². The summed E-state index contributed by atoms with van der Waals surface area (Å²) in [6.07, 6.45) is 3.08. The largest absolute Gasteiger partial charge is 0.242 e. The number of halogens is 1. The predicted molar refractivity (Wildman–Crippen MR) is 84.9 cm³/mol. The number of benzene rings is 2. The molecule has 0 unspecified atom stereocenters. The predicted octanol–water partition coefficient (Wildman–Crippen LogP) is 3.53. The van der Waals surface area contributed by atoms with E-state index in [9.17, 15) is 0 Å². The molecule has 0 aliphatic heterocycles. The molecule has 0 aliphatic rings. The van der Waals surface area contributed by atoms with Gasteiger partial charge in [-0.25, -0.2) is 19.6 Å². The van der Waals surface area contributed by atoms with Crippen LogP contribution in [-0.2, 0) is 0 Å². The van der Waals surface area contributed by atoms with E-state index in [-0.39, 0.29) is 0 Å². The second-order valence-corrected chi connectivity index (χ2v) is 5.17. The third-order valence-corrected chi connectivity index (χ3v) is 3.56. The van der Waals surface area contributed by atoms with E-state index < -0.39 is 0 Å². The number of para-hydroxylation sites is 2. The third kappa shape index (κ3) is 2.21. The van der Waals surface area contributed by atoms with Gasteiger partial charge in [-0.2, -0.15) is 5.10 Å². The van der Waals surface area contributed by atoms with E-state index in [1.54, 1.807) is 11.0 Å². The standard InChI is InChI=1S/C16H10ClN5/c17-12-7-5-11(6-8-12)15-16(22-10-18-9-19-22)21-14-4-2-1-3-13(14)20-15/h1-10H. The molecular formula is C16H10ClN5. The van der Waals surface area contributed by atoms with Crippen molar-refractivity contribution in [1.82, 2.24) is 24.7 Å². The lowest BCUT2D eigenvalue weighted by Crippen LogP contribution is -2.03. The van der Waals surface area contributed by atoms with Crippen LogP contribution in [0.4, 0.5) is 0 Å². The number of rotatable bonds is 2. The zero-order valence-corrected chi connectivity index (χ0v) is 12.1. The molecule has 0 radical (unpaired) electrons. The van der Waals surface area contributed by atoms with Gasteiger partial charge in [-0.3, -0.25) is 0 Å². The highest BCUT2D eigenvalue weighted by molar-refractivity contribution is 6.30. The van der Waals surface area contributed by atoms with E-state index in [0.29, 0.717) is 10.8 Å². The average molecular weight is 308 g/mol. The zero-order chi connectivity index (χ0) is 14.9. The lowest BCUT2D eigenvalue weighted by atomic mass is 10.1. The first-order chi connectivity index (χ1) is 10.8. The lowest BCUT2D eigenvalue weighted by molar-refractivity contribution is 0.847. The Balaban J connectivity index is 2.02. The molecule has 106 valence electrons. The molecule has 0 aliphatic carbocycles. The summed E-state index contributed by atoms with van der Waals surface area (Å²) in [6.45, 7) is 0. The molecule has 2 aromatic carbocycles. The van der Waals surface area contributed by atoms with Gasteiger partial charge in [-0.1, -0.05) is 35.9 Å². The molecule has 0 saturated heterocycles. The van der Waals surface area contributed by atoms with Crippen LogP contribution in [-0.4, -0.2) is 24.7 Å². The van der Waals surface area contributed by atoms with E-state index in [0.717, 1.165) is 22.3 Å². The van der Waals surface area contributed by atoms with Crippen molar-refractivity contribution < 1.29 is 0 Å². The minimum Gasteiger partial charge on any atom is -0.242 e. The van der Waals surface area contributed by atoms with E-state index in [2.05, 4.69) is 15.1 Å². The minimum atomic E-state index is 0.638. The van der Waals surface area contributed by atoms with Crippen molar-refractivity contribution >= 4 is 22.6 Å². The Morgan fingerprint density at radius 2 is 1.59 bits per heavy atom. The number of hydrogen-bond acceptors (Lipinski definition) is 4. The van der Waals surface area contributed by atoms with Crippen LogP contribution in [0.1, 0.15) is 0 Å². The van der Waals surface area contributed by atoms with Crippen molar-refractivity contribution in [2.75, 3.05) is 0 Å². The van der Waals surface area contributed by atoms with Gasteiger partial charge < -0.3 is 0 Å². The third-order valence-electron chi connectivity index (χ3n) is 3.31. The van der Waals surface area contributed by atoms with Gasteiger partial charge in [-0.15, -0.1) is 0 Å². The fourth-order valence-corrected chi connectivity index (χ4v) is 2.40. The van der Waals surface area contributed by atoms with Gasteiger partial charge in [0.25, 0.3) is 0 Å². The van der Waals surface area contributed by atoms with Gasteiger partial charge in [0.1, 0.15) is 18.3 Å². The van der Waals surface area contributed by atoms with E-state index >= 15 is 0 Å². The van der Waals surface area contributed by atoms with Gasteiger partial charge in [0.2, 0.25) is 0 Å². The van der Waals surface area contributed by atoms with Crippen molar-refractivity contribution in [2.45, 2.75) is 0 Å². The summed E-state index contributed by atoms with van der Waals surface area (Å²) in [7, 11) is 0. The maximum absolute atomic E-state index is 5.97. The molecule has 4 rings (SSSR count). The van der Waals surface area contributed by atoms with Gasteiger partial charge >= 0.3 is 0 Å². The molecule has 0 fully saturated rings. The summed E-state index contributed by atoms with van der Waals surface area (Å²) in [6, 6.07) is 15.2. The molecule has 22 heavy (non-hydrogen) atoms. The highest BCUT2D eigenvalue weighted by Gasteiger charge is 2.13. The Kier molecular flexibility index (Phi) is 3.05. The van der Waals surface area contributed by atoms with Crippen LogP contribution in [0.25, 0.3) is 28.1 Å². The Morgan fingerprint density at radius 1 is 0.864 bits per heavy atom. The molecule has 0 bridgehead atoms. The summed E-state index contributed by atoms with van der Waals surface area (Å²) in [4.78, 5) is 13.4. The number of nitrogens with zero attached hydrogens (tertiary/aromatic N) is 5. The number of aromatic nitrogens is 5. The second kappa shape index (κ2) is 5.20. The smallest absolute Gasteiger partial charge is 0.182 e. The summed E-state index contributed by atoms with van der Waals surface area (Å²) < 4.78 is 1.61. The van der Waals surface area contributed by atoms with Crippen molar-refractivity contribution in [1.29, 1.82) is 0 Å². The van der Waals surface area contributed by atoms with Gasteiger partial charge in [-0.05, 0) is 24.3 Å². The first-order valence-electron chi connectivity index (χ1n) is 6.69. The summed E-state index contributed by atoms with van der Waals surface area (Å²) >= 11 is 5.97. The highest BCUT2D eigenvalue weighted by atomic mass is 35.5. The minimum absolute atomic E-state index is 0.638. The normalized spacial score (nSPS) is 11.0. The van der Waals surface area contributed by atoms with E-state index in [1.165, 1.54) is 6.33 Å². The monoisotopic (exact) mass is 307 g/mol. The molecule has 0 atom stereocenters. The first-order valence-corrected chi connectivity index (χ1v) is 7.07. The molecule has 4 aromatic rings. The van der Waals surface area contributed by atoms with Crippen LogP contribution in [0.5, 0.6) is 0 Å². The molecule has 5 nitrogen and oxygen atoms in total. The van der Waals surface area contributed by atoms with Crippen molar-refractivity contribution in [3.05, 3.63) is 66.2 Å². The fraction of sp³-hybridized carbons (Fsp3) is 0. The van der Waals surface area contributed by atoms with Gasteiger partial charge in [0.15, 0.2) is 5.82 Å². The van der Waals surface area contributed by atoms with Crippen LogP contribution in [0.3, 0.4) is 0 Å². The Hall–Kier alpha value is -2.79. The van der Waals surface area contributed by atoms with Crippen molar-refractivity contribution in [2.24, 2.45) is 0 Å². The fourth-order valence-electron chi connectivity index (χ4n) is 2.27. The molecule has 0 amide bonds. The Morgan fingerprint density at radius 3 is 2.27 bits per heavy atom. The molecule has 0 N–H and O–H groups in total. The van der Waals surface area contributed by atoms with Crippen LogP contribution < -0.4 is 0 Å². The molecule has 0 spiro atoms. The Labute approximate surface area is 131 Å². The molecule has 6 heteroatoms.